The zero-order chi connectivity index (χ0) is 14.7. The minimum atomic E-state index is -5.38. The van der Waals surface area contributed by atoms with Crippen LogP contribution in [0.1, 0.15) is 5.56 Å². The van der Waals surface area contributed by atoms with Gasteiger partial charge in [-0.15, -0.1) is 0 Å². The number of carbonyl (C=O) groups excluding carboxylic acids is 1. The molecule has 1 aromatic rings. The van der Waals surface area contributed by atoms with Crippen LogP contribution in [0.5, 0.6) is 0 Å². The molecule has 0 saturated heterocycles. The van der Waals surface area contributed by atoms with Gasteiger partial charge in [0.2, 0.25) is 0 Å². The summed E-state index contributed by atoms with van der Waals surface area (Å²) >= 11 is 0. The van der Waals surface area contributed by atoms with Crippen LogP contribution in [-0.4, -0.2) is 26.3 Å². The fourth-order valence-corrected chi connectivity index (χ4v) is 1.90. The predicted octanol–water partition coefficient (Wildman–Crippen LogP) is -1.21. The number of fused-ring (bicyclic) bond motifs is 1. The summed E-state index contributed by atoms with van der Waals surface area (Å²) in [5.74, 6) is -2.47. The van der Waals surface area contributed by atoms with Crippen molar-refractivity contribution in [2.45, 2.75) is 11.8 Å². The lowest BCUT2D eigenvalue weighted by Crippen LogP contribution is -2.51. The number of anilines is 1. The zero-order valence-corrected chi connectivity index (χ0v) is 9.70. The van der Waals surface area contributed by atoms with Crippen LogP contribution < -0.4 is 16.6 Å². The van der Waals surface area contributed by atoms with Crippen molar-refractivity contribution in [3.63, 3.8) is 0 Å². The van der Waals surface area contributed by atoms with Gasteiger partial charge in [-0.25, -0.2) is 4.79 Å². The topological polar surface area (TPSA) is 93.3 Å². The van der Waals surface area contributed by atoms with Crippen LogP contribution in [0.25, 0.3) is 0 Å². The van der Waals surface area contributed by atoms with Gasteiger partial charge >= 0.3 is 11.9 Å². The summed E-state index contributed by atoms with van der Waals surface area (Å²) in [5.41, 5.74) is -7.45. The summed E-state index contributed by atoms with van der Waals surface area (Å²) in [4.78, 5) is 34.6. The van der Waals surface area contributed by atoms with Gasteiger partial charge in [0, 0.05) is 14.1 Å². The lowest BCUT2D eigenvalue weighted by Gasteiger charge is -2.23. The fraction of sp³-hybridized carbons (Fsp3) is 0.444. The number of carbonyl (C=O) groups is 1. The van der Waals surface area contributed by atoms with Gasteiger partial charge in [-0.3, -0.25) is 18.7 Å². The number of rotatable bonds is 0. The van der Waals surface area contributed by atoms with Crippen molar-refractivity contribution in [3.8, 4) is 0 Å². The third kappa shape index (κ3) is 1.40. The molecule has 0 unspecified atom stereocenters. The second kappa shape index (κ2) is 3.47. The quantitative estimate of drug-likeness (QED) is 0.623. The molecule has 19 heavy (non-hydrogen) atoms. The number of halogens is 3. The molecule has 2 N–H and O–H groups in total. The molecule has 2 rings (SSSR count). The number of nitrogens with one attached hydrogen (secondary N) is 1. The number of amides is 1. The summed E-state index contributed by atoms with van der Waals surface area (Å²) in [6, 6.07) is 0. The van der Waals surface area contributed by atoms with Crippen LogP contribution in [0.3, 0.4) is 0 Å². The Morgan fingerprint density at radius 3 is 2.16 bits per heavy atom. The van der Waals surface area contributed by atoms with Crippen LogP contribution in [0.15, 0.2) is 9.59 Å². The molecule has 1 aromatic heterocycles. The first-order chi connectivity index (χ1) is 8.53. The zero-order valence-electron chi connectivity index (χ0n) is 9.70. The Labute approximate surface area is 102 Å². The van der Waals surface area contributed by atoms with Crippen molar-refractivity contribution in [1.29, 1.82) is 0 Å². The molecule has 1 amide bonds. The number of nitrogens with zero attached hydrogens (tertiary/aromatic N) is 2. The van der Waals surface area contributed by atoms with E-state index in [0.717, 1.165) is 14.1 Å². The van der Waals surface area contributed by atoms with Gasteiger partial charge in [0.05, 0.1) is 0 Å². The molecule has 1 aliphatic heterocycles. The molecule has 0 radical (unpaired) electrons. The van der Waals surface area contributed by atoms with Gasteiger partial charge in [-0.05, 0) is 0 Å². The second-order valence-electron chi connectivity index (χ2n) is 4.09. The highest BCUT2D eigenvalue weighted by atomic mass is 19.4. The summed E-state index contributed by atoms with van der Waals surface area (Å²) in [7, 11) is 2.02. The van der Waals surface area contributed by atoms with E-state index in [0.29, 0.717) is 9.13 Å². The summed E-state index contributed by atoms with van der Waals surface area (Å²) in [6.45, 7) is 0. The number of hydrogen-bond donors (Lipinski definition) is 2. The van der Waals surface area contributed by atoms with E-state index in [4.69, 9.17) is 0 Å². The average molecular weight is 279 g/mol. The van der Waals surface area contributed by atoms with Gasteiger partial charge in [0.15, 0.2) is 0 Å². The van der Waals surface area contributed by atoms with Crippen molar-refractivity contribution in [2.24, 2.45) is 14.1 Å². The average Bonchev–Trinajstić information content (AvgIpc) is 2.58. The van der Waals surface area contributed by atoms with Crippen LogP contribution >= 0.6 is 0 Å². The van der Waals surface area contributed by atoms with Crippen LogP contribution in [0, 0.1) is 0 Å². The SMILES string of the molecule is Cn1c2c(c(=O)n(C)c1=O)[C@@](O)(C(F)(F)F)C(=O)N2. The lowest BCUT2D eigenvalue weighted by molar-refractivity contribution is -0.252. The van der Waals surface area contributed by atoms with Crippen molar-refractivity contribution < 1.29 is 23.1 Å². The normalized spacial score (nSPS) is 22.3. The third-order valence-electron chi connectivity index (χ3n) is 3.00. The Bertz CT molecular complexity index is 702. The molecule has 0 aromatic carbocycles. The van der Waals surface area contributed by atoms with Gasteiger partial charge < -0.3 is 10.4 Å². The van der Waals surface area contributed by atoms with E-state index < -0.39 is 40.3 Å². The fourth-order valence-electron chi connectivity index (χ4n) is 1.90. The maximum Gasteiger partial charge on any atom is 0.431 e. The molecular weight excluding hydrogens is 271 g/mol. The predicted molar refractivity (Wildman–Crippen MR) is 55.5 cm³/mol. The molecular formula is C9H8F3N3O4. The Hall–Kier alpha value is -2.10. The van der Waals surface area contributed by atoms with E-state index in [1.165, 1.54) is 0 Å². The monoisotopic (exact) mass is 279 g/mol. The highest BCUT2D eigenvalue weighted by Gasteiger charge is 2.66. The summed E-state index contributed by atoms with van der Waals surface area (Å²) < 4.78 is 39.7. The van der Waals surface area contributed by atoms with E-state index in [9.17, 15) is 32.7 Å². The summed E-state index contributed by atoms with van der Waals surface area (Å²) in [6.07, 6.45) is -5.38. The molecule has 0 aliphatic carbocycles. The lowest BCUT2D eigenvalue weighted by atomic mass is 9.97. The molecule has 0 saturated carbocycles. The highest BCUT2D eigenvalue weighted by Crippen LogP contribution is 2.44. The largest absolute Gasteiger partial charge is 0.431 e. The van der Waals surface area contributed by atoms with E-state index in [1.54, 1.807) is 5.32 Å². The third-order valence-corrected chi connectivity index (χ3v) is 3.00. The molecule has 7 nitrogen and oxygen atoms in total. The van der Waals surface area contributed by atoms with Gasteiger partial charge in [-0.2, -0.15) is 13.2 Å². The smallest absolute Gasteiger partial charge is 0.368 e. The molecule has 10 heteroatoms. The van der Waals surface area contributed by atoms with Crippen molar-refractivity contribution in [1.82, 2.24) is 9.13 Å². The Morgan fingerprint density at radius 1 is 1.16 bits per heavy atom. The van der Waals surface area contributed by atoms with E-state index in [-0.39, 0.29) is 0 Å². The van der Waals surface area contributed by atoms with Gasteiger partial charge in [0.1, 0.15) is 11.4 Å². The first-order valence-corrected chi connectivity index (χ1v) is 4.94. The number of aliphatic hydroxyl groups is 1. The number of aromatic nitrogens is 2. The molecule has 1 atom stereocenters. The van der Waals surface area contributed by atoms with Crippen molar-refractivity contribution in [3.05, 3.63) is 26.4 Å². The van der Waals surface area contributed by atoms with E-state index in [1.807, 2.05) is 0 Å². The van der Waals surface area contributed by atoms with Crippen LogP contribution in [0.2, 0.25) is 0 Å². The number of alkyl halides is 3. The van der Waals surface area contributed by atoms with E-state index in [2.05, 4.69) is 0 Å². The number of hydrogen-bond acceptors (Lipinski definition) is 4. The second-order valence-corrected chi connectivity index (χ2v) is 4.09. The molecule has 1 aliphatic rings. The van der Waals surface area contributed by atoms with Crippen molar-refractivity contribution in [2.75, 3.05) is 5.32 Å². The molecule has 2 heterocycles. The van der Waals surface area contributed by atoms with Crippen LogP contribution in [-0.2, 0) is 24.5 Å². The molecule has 0 fully saturated rings. The Kier molecular flexibility index (Phi) is 2.43. The van der Waals surface area contributed by atoms with Gasteiger partial charge in [0.25, 0.3) is 17.1 Å². The molecule has 0 bridgehead atoms. The first-order valence-electron chi connectivity index (χ1n) is 4.94. The van der Waals surface area contributed by atoms with Crippen molar-refractivity contribution >= 4 is 11.7 Å². The Morgan fingerprint density at radius 2 is 1.68 bits per heavy atom. The first kappa shape index (κ1) is 13.3. The Balaban J connectivity index is 2.98. The molecule has 0 spiro atoms. The van der Waals surface area contributed by atoms with Gasteiger partial charge in [-0.1, -0.05) is 0 Å². The van der Waals surface area contributed by atoms with E-state index >= 15 is 0 Å². The minimum Gasteiger partial charge on any atom is -0.368 e. The maximum atomic E-state index is 12.9. The minimum absolute atomic E-state index is 0.385. The summed E-state index contributed by atoms with van der Waals surface area (Å²) in [5, 5.41) is 11.3. The van der Waals surface area contributed by atoms with Crippen LogP contribution in [0.4, 0.5) is 19.0 Å². The maximum absolute atomic E-state index is 12.9. The standard InChI is InChI=1S/C9H8F3N3O4/c1-14-4-3(5(16)15(2)7(14)18)8(19,6(17)13-4)9(10,11)12/h19H,1-2H3,(H,13,17)/t8-/m0/s1. The highest BCUT2D eigenvalue weighted by molar-refractivity contribution is 6.04. The molecule has 104 valence electrons.